The first-order chi connectivity index (χ1) is 20.9. The molecule has 0 spiro atoms. The summed E-state index contributed by atoms with van der Waals surface area (Å²) >= 11 is 0. The lowest BCUT2D eigenvalue weighted by molar-refractivity contribution is 0.492. The Labute approximate surface area is 243 Å². The molecule has 0 saturated carbocycles. The highest BCUT2D eigenvalue weighted by atomic mass is 16.5. The van der Waals surface area contributed by atoms with Crippen LogP contribution in [0.3, 0.4) is 0 Å². The van der Waals surface area contributed by atoms with Crippen molar-refractivity contribution < 1.29 is 4.74 Å². The lowest BCUT2D eigenvalue weighted by Crippen LogP contribution is -2.55. The molecule has 9 rings (SSSR count). The van der Waals surface area contributed by atoms with Crippen LogP contribution in [0, 0.1) is 0 Å². The minimum atomic E-state index is -0.00113. The van der Waals surface area contributed by atoms with E-state index in [1.165, 1.54) is 22.1 Å². The van der Waals surface area contributed by atoms with E-state index in [0.717, 1.165) is 50.5 Å². The number of ether oxygens (including phenoxy) is 1. The molecule has 0 bridgehead atoms. The molecule has 0 saturated heterocycles. The summed E-state index contributed by atoms with van der Waals surface area (Å²) in [4.78, 5) is 5.20. The van der Waals surface area contributed by atoms with Crippen LogP contribution < -0.4 is 21.1 Å². The van der Waals surface area contributed by atoms with Gasteiger partial charge in [-0.1, -0.05) is 115 Å². The average molecular weight is 537 g/mol. The number of benzene rings is 6. The number of hydrogen-bond donors (Lipinski definition) is 0. The molecule has 0 unspecified atom stereocenters. The van der Waals surface area contributed by atoms with E-state index >= 15 is 0 Å². The van der Waals surface area contributed by atoms with Crippen molar-refractivity contribution in [3.05, 3.63) is 146 Å². The average Bonchev–Trinajstić information content (AvgIpc) is 3.59. The van der Waals surface area contributed by atoms with Gasteiger partial charge in [-0.3, -0.25) is 8.97 Å². The molecular formula is C37H24BN3O. The van der Waals surface area contributed by atoms with Crippen molar-refractivity contribution in [1.82, 2.24) is 14.0 Å². The van der Waals surface area contributed by atoms with Crippen molar-refractivity contribution in [2.75, 3.05) is 0 Å². The smallest absolute Gasteiger partial charge is 0.251 e. The molecule has 196 valence electrons. The van der Waals surface area contributed by atoms with Crippen LogP contribution in [0.1, 0.15) is 0 Å². The SMILES string of the molecule is c1ccc(-c2ccccc2B2c3ccccc3Oc3c2ccc2nc4n(-c5ccccc5)c5ccccc5n4c32)cc1. The maximum absolute atomic E-state index is 6.85. The summed E-state index contributed by atoms with van der Waals surface area (Å²) in [5.74, 6) is 2.61. The van der Waals surface area contributed by atoms with Crippen LogP contribution in [-0.4, -0.2) is 20.7 Å². The molecule has 4 nitrogen and oxygen atoms in total. The van der Waals surface area contributed by atoms with E-state index in [2.05, 4.69) is 148 Å². The third-order valence-electron chi connectivity index (χ3n) is 8.47. The molecule has 5 heteroatoms. The van der Waals surface area contributed by atoms with Crippen LogP contribution >= 0.6 is 0 Å². The molecule has 8 aromatic rings. The molecule has 1 aliphatic rings. The maximum Gasteiger partial charge on any atom is 0.251 e. The number of imidazole rings is 2. The minimum Gasteiger partial charge on any atom is -0.456 e. The lowest BCUT2D eigenvalue weighted by Gasteiger charge is -2.28. The first kappa shape index (κ1) is 23.2. The van der Waals surface area contributed by atoms with E-state index in [0.29, 0.717) is 0 Å². The zero-order valence-electron chi connectivity index (χ0n) is 22.7. The van der Waals surface area contributed by atoms with Crippen molar-refractivity contribution >= 4 is 50.9 Å². The van der Waals surface area contributed by atoms with Crippen LogP contribution in [0.5, 0.6) is 11.5 Å². The van der Waals surface area contributed by atoms with Crippen molar-refractivity contribution in [3.8, 4) is 28.3 Å². The number of aromatic nitrogens is 3. The Morgan fingerprint density at radius 1 is 0.548 bits per heavy atom. The second-order valence-electron chi connectivity index (χ2n) is 10.8. The Balaban J connectivity index is 1.38. The van der Waals surface area contributed by atoms with Gasteiger partial charge in [0.05, 0.1) is 16.6 Å². The van der Waals surface area contributed by atoms with Gasteiger partial charge in [-0.05, 0) is 58.5 Å². The third kappa shape index (κ3) is 3.28. The van der Waals surface area contributed by atoms with Crippen LogP contribution in [0.15, 0.2) is 146 Å². The number of rotatable bonds is 3. The topological polar surface area (TPSA) is 31.5 Å². The second kappa shape index (κ2) is 8.98. The van der Waals surface area contributed by atoms with E-state index in [1.807, 2.05) is 6.07 Å². The molecule has 0 amide bonds. The zero-order valence-corrected chi connectivity index (χ0v) is 22.7. The highest BCUT2D eigenvalue weighted by Gasteiger charge is 2.36. The van der Waals surface area contributed by atoms with E-state index in [-0.39, 0.29) is 6.71 Å². The highest BCUT2D eigenvalue weighted by Crippen LogP contribution is 2.36. The molecule has 0 radical (unpaired) electrons. The Bertz CT molecular complexity index is 2290. The monoisotopic (exact) mass is 537 g/mol. The normalized spacial score (nSPS) is 12.4. The molecule has 2 aromatic heterocycles. The van der Waals surface area contributed by atoms with Gasteiger partial charge < -0.3 is 4.74 Å². The quantitative estimate of drug-likeness (QED) is 0.235. The van der Waals surface area contributed by atoms with Gasteiger partial charge in [-0.2, -0.15) is 0 Å². The Kier molecular flexibility index (Phi) is 4.96. The first-order valence-electron chi connectivity index (χ1n) is 14.3. The van der Waals surface area contributed by atoms with Crippen molar-refractivity contribution in [2.45, 2.75) is 0 Å². The number of para-hydroxylation sites is 4. The standard InChI is InChI=1S/C37H24BN3O/c1-3-13-25(14-4-1)27-17-7-8-18-28(27)38-29-19-9-12-22-34(29)42-36-30(38)23-24-31-35(36)41-33-21-11-10-20-32(33)40(37(41)39-31)26-15-5-2-6-16-26/h1-24H. The van der Waals surface area contributed by atoms with Crippen molar-refractivity contribution in [2.24, 2.45) is 0 Å². The van der Waals surface area contributed by atoms with Gasteiger partial charge in [0.15, 0.2) is 0 Å². The molecular weight excluding hydrogens is 513 g/mol. The van der Waals surface area contributed by atoms with Gasteiger partial charge in [0.2, 0.25) is 5.78 Å². The van der Waals surface area contributed by atoms with Crippen LogP contribution in [0.2, 0.25) is 0 Å². The first-order valence-corrected chi connectivity index (χ1v) is 14.3. The van der Waals surface area contributed by atoms with Crippen LogP contribution in [-0.2, 0) is 0 Å². The van der Waals surface area contributed by atoms with Crippen molar-refractivity contribution in [1.29, 1.82) is 0 Å². The van der Waals surface area contributed by atoms with Gasteiger partial charge in [0.25, 0.3) is 6.71 Å². The largest absolute Gasteiger partial charge is 0.456 e. The molecule has 3 heterocycles. The predicted octanol–water partition coefficient (Wildman–Crippen LogP) is 6.72. The summed E-state index contributed by atoms with van der Waals surface area (Å²) in [6.45, 7) is -0.00113. The Hall–Kier alpha value is -5.55. The Morgan fingerprint density at radius 2 is 1.21 bits per heavy atom. The summed E-state index contributed by atoms with van der Waals surface area (Å²) in [5.41, 5.74) is 11.2. The molecule has 1 aliphatic heterocycles. The molecule has 0 N–H and O–H groups in total. The van der Waals surface area contributed by atoms with Gasteiger partial charge >= 0.3 is 0 Å². The highest BCUT2D eigenvalue weighted by molar-refractivity contribution is 6.97. The summed E-state index contributed by atoms with van der Waals surface area (Å²) in [5, 5.41) is 0. The van der Waals surface area contributed by atoms with Crippen molar-refractivity contribution in [3.63, 3.8) is 0 Å². The van der Waals surface area contributed by atoms with E-state index < -0.39 is 0 Å². The lowest BCUT2D eigenvalue weighted by atomic mass is 9.35. The summed E-state index contributed by atoms with van der Waals surface area (Å²) in [7, 11) is 0. The summed E-state index contributed by atoms with van der Waals surface area (Å²) in [6, 6.07) is 51.2. The van der Waals surface area contributed by atoms with E-state index in [1.54, 1.807) is 0 Å². The molecule has 0 atom stereocenters. The van der Waals surface area contributed by atoms with E-state index in [4.69, 9.17) is 9.72 Å². The maximum atomic E-state index is 6.85. The summed E-state index contributed by atoms with van der Waals surface area (Å²) in [6.07, 6.45) is 0. The van der Waals surface area contributed by atoms with Gasteiger partial charge in [-0.15, -0.1) is 0 Å². The predicted molar refractivity (Wildman–Crippen MR) is 173 cm³/mol. The number of nitrogens with zero attached hydrogens (tertiary/aromatic N) is 3. The zero-order chi connectivity index (χ0) is 27.6. The molecule has 6 aromatic carbocycles. The minimum absolute atomic E-state index is 0.00113. The summed E-state index contributed by atoms with van der Waals surface area (Å²) < 4.78 is 11.4. The second-order valence-corrected chi connectivity index (χ2v) is 10.8. The number of fused-ring (bicyclic) bond motifs is 8. The number of hydrogen-bond acceptors (Lipinski definition) is 2. The Morgan fingerprint density at radius 3 is 2.05 bits per heavy atom. The van der Waals surface area contributed by atoms with Crippen LogP contribution in [0.25, 0.3) is 44.7 Å². The van der Waals surface area contributed by atoms with Crippen LogP contribution in [0.4, 0.5) is 0 Å². The van der Waals surface area contributed by atoms with Gasteiger partial charge in [0.1, 0.15) is 17.0 Å². The molecule has 0 fully saturated rings. The molecule has 0 aliphatic carbocycles. The third-order valence-corrected chi connectivity index (χ3v) is 8.47. The fourth-order valence-electron chi connectivity index (χ4n) is 6.69. The molecule has 42 heavy (non-hydrogen) atoms. The fourth-order valence-corrected chi connectivity index (χ4v) is 6.69. The van der Waals surface area contributed by atoms with Gasteiger partial charge in [-0.25, -0.2) is 4.98 Å². The van der Waals surface area contributed by atoms with E-state index in [9.17, 15) is 0 Å². The fraction of sp³-hybridized carbons (Fsp3) is 0. The van der Waals surface area contributed by atoms with Gasteiger partial charge in [0, 0.05) is 5.69 Å².